The predicted octanol–water partition coefficient (Wildman–Crippen LogP) is 5.24. The molecule has 21 heavy (non-hydrogen) atoms. The molecule has 0 spiro atoms. The lowest BCUT2D eigenvalue weighted by Gasteiger charge is -2.36. The van der Waals surface area contributed by atoms with Crippen molar-refractivity contribution in [3.05, 3.63) is 28.8 Å². The van der Waals surface area contributed by atoms with Crippen LogP contribution in [0.15, 0.2) is 12.1 Å². The zero-order valence-electron chi connectivity index (χ0n) is 12.0. The molecule has 0 saturated heterocycles. The van der Waals surface area contributed by atoms with Crippen LogP contribution in [0, 0.1) is 0 Å². The maximum atomic E-state index is 13.2. The van der Waals surface area contributed by atoms with Crippen LogP contribution in [-0.4, -0.2) is 18.7 Å². The van der Waals surface area contributed by atoms with Gasteiger partial charge in [-0.2, -0.15) is 24.9 Å². The maximum absolute atomic E-state index is 13.2. The molecule has 0 radical (unpaired) electrons. The van der Waals surface area contributed by atoms with E-state index in [1.54, 1.807) is 17.8 Å². The first-order valence-corrected chi connectivity index (χ1v) is 8.32. The van der Waals surface area contributed by atoms with Gasteiger partial charge in [0.05, 0.1) is 12.7 Å². The first-order chi connectivity index (χ1) is 9.81. The SMILES string of the molecule is COc1cc2c(cc1C(F)(F)F)C(C)(CCCCl)SCC2. The summed E-state index contributed by atoms with van der Waals surface area (Å²) < 4.78 is 44.2. The van der Waals surface area contributed by atoms with Crippen LogP contribution in [0.2, 0.25) is 0 Å². The van der Waals surface area contributed by atoms with Gasteiger partial charge in [0, 0.05) is 10.6 Å². The van der Waals surface area contributed by atoms with Crippen LogP contribution in [0.1, 0.15) is 36.5 Å². The van der Waals surface area contributed by atoms with E-state index in [0.717, 1.165) is 36.1 Å². The van der Waals surface area contributed by atoms with Crippen LogP contribution >= 0.6 is 23.4 Å². The van der Waals surface area contributed by atoms with E-state index in [2.05, 4.69) is 0 Å². The van der Waals surface area contributed by atoms with Gasteiger partial charge < -0.3 is 4.74 Å². The van der Waals surface area contributed by atoms with Crippen LogP contribution in [-0.2, 0) is 17.3 Å². The van der Waals surface area contributed by atoms with Crippen molar-refractivity contribution in [2.75, 3.05) is 18.7 Å². The lowest BCUT2D eigenvalue weighted by atomic mass is 9.87. The molecule has 0 aliphatic carbocycles. The third kappa shape index (κ3) is 3.45. The van der Waals surface area contributed by atoms with E-state index in [1.807, 2.05) is 6.92 Å². The molecule has 0 amide bonds. The smallest absolute Gasteiger partial charge is 0.419 e. The molecule has 1 atom stereocenters. The van der Waals surface area contributed by atoms with Crippen molar-refractivity contribution in [3.63, 3.8) is 0 Å². The fourth-order valence-corrected chi connectivity index (χ4v) is 4.33. The highest BCUT2D eigenvalue weighted by Gasteiger charge is 2.39. The van der Waals surface area contributed by atoms with E-state index in [9.17, 15) is 13.2 Å². The van der Waals surface area contributed by atoms with E-state index in [4.69, 9.17) is 16.3 Å². The number of methoxy groups -OCH3 is 1. The van der Waals surface area contributed by atoms with Crippen molar-refractivity contribution < 1.29 is 17.9 Å². The molecular weight excluding hydrogens is 321 g/mol. The molecule has 6 heteroatoms. The molecule has 0 saturated carbocycles. The van der Waals surface area contributed by atoms with Gasteiger partial charge >= 0.3 is 6.18 Å². The van der Waals surface area contributed by atoms with Crippen LogP contribution in [0.4, 0.5) is 13.2 Å². The molecule has 118 valence electrons. The number of thioether (sulfide) groups is 1. The van der Waals surface area contributed by atoms with Gasteiger partial charge in [-0.05, 0) is 55.2 Å². The number of ether oxygens (including phenoxy) is 1. The molecule has 2 rings (SSSR count). The van der Waals surface area contributed by atoms with Crippen molar-refractivity contribution in [2.24, 2.45) is 0 Å². The maximum Gasteiger partial charge on any atom is 0.419 e. The van der Waals surface area contributed by atoms with Crippen LogP contribution in [0.3, 0.4) is 0 Å². The van der Waals surface area contributed by atoms with Crippen LogP contribution in [0.5, 0.6) is 5.75 Å². The monoisotopic (exact) mass is 338 g/mol. The van der Waals surface area contributed by atoms with Gasteiger partial charge in [0.15, 0.2) is 0 Å². The summed E-state index contributed by atoms with van der Waals surface area (Å²) in [5.41, 5.74) is 1.04. The Morgan fingerprint density at radius 1 is 1.38 bits per heavy atom. The number of fused-ring (bicyclic) bond motifs is 1. The highest BCUT2D eigenvalue weighted by atomic mass is 35.5. The Morgan fingerprint density at radius 3 is 2.67 bits per heavy atom. The Morgan fingerprint density at radius 2 is 2.10 bits per heavy atom. The minimum absolute atomic E-state index is 0.0900. The Labute approximate surface area is 132 Å². The molecule has 1 heterocycles. The van der Waals surface area contributed by atoms with Gasteiger partial charge in [-0.3, -0.25) is 0 Å². The first kappa shape index (κ1) is 16.8. The summed E-state index contributed by atoms with van der Waals surface area (Å²) in [6, 6.07) is 2.82. The van der Waals surface area contributed by atoms with Gasteiger partial charge in [0.2, 0.25) is 0 Å². The van der Waals surface area contributed by atoms with Crippen molar-refractivity contribution in [3.8, 4) is 5.75 Å². The normalized spacial score (nSPS) is 22.0. The zero-order chi connectivity index (χ0) is 15.7. The number of benzene rings is 1. The van der Waals surface area contributed by atoms with Gasteiger partial charge in [-0.1, -0.05) is 0 Å². The molecule has 0 aromatic heterocycles. The Hall–Kier alpha value is -0.550. The fraction of sp³-hybridized carbons (Fsp3) is 0.600. The summed E-state index contributed by atoms with van der Waals surface area (Å²) in [6.45, 7) is 2.01. The van der Waals surface area contributed by atoms with Crippen molar-refractivity contribution >= 4 is 23.4 Å². The quantitative estimate of drug-likeness (QED) is 0.694. The van der Waals surface area contributed by atoms with E-state index in [1.165, 1.54) is 13.2 Å². The van der Waals surface area contributed by atoms with Gasteiger partial charge in [-0.15, -0.1) is 11.6 Å². The average Bonchev–Trinajstić information content (AvgIpc) is 2.43. The number of aryl methyl sites for hydroxylation is 1. The Balaban J connectivity index is 2.53. The van der Waals surface area contributed by atoms with E-state index in [-0.39, 0.29) is 10.5 Å². The molecule has 1 nitrogen and oxygen atoms in total. The highest BCUT2D eigenvalue weighted by molar-refractivity contribution is 8.00. The van der Waals surface area contributed by atoms with E-state index < -0.39 is 11.7 Å². The summed E-state index contributed by atoms with van der Waals surface area (Å²) in [4.78, 5) is 0. The van der Waals surface area contributed by atoms with E-state index in [0.29, 0.717) is 5.88 Å². The largest absolute Gasteiger partial charge is 0.496 e. The second-order valence-corrected chi connectivity index (χ2v) is 7.31. The molecule has 0 N–H and O–H groups in total. The minimum atomic E-state index is -4.41. The molecule has 1 unspecified atom stereocenters. The number of halogens is 4. The minimum Gasteiger partial charge on any atom is -0.496 e. The Bertz CT molecular complexity index is 518. The summed E-state index contributed by atoms with van der Waals surface area (Å²) in [5.74, 6) is 1.33. The summed E-state index contributed by atoms with van der Waals surface area (Å²) in [6.07, 6.45) is -2.07. The van der Waals surface area contributed by atoms with Crippen LogP contribution < -0.4 is 4.74 Å². The summed E-state index contributed by atoms with van der Waals surface area (Å²) >= 11 is 7.47. The number of alkyl halides is 4. The number of hydrogen-bond acceptors (Lipinski definition) is 2. The molecule has 1 aliphatic rings. The average molecular weight is 339 g/mol. The van der Waals surface area contributed by atoms with Crippen LogP contribution in [0.25, 0.3) is 0 Å². The lowest BCUT2D eigenvalue weighted by molar-refractivity contribution is -0.138. The molecule has 1 aromatic carbocycles. The van der Waals surface area contributed by atoms with Crippen molar-refractivity contribution in [1.82, 2.24) is 0 Å². The Kier molecular flexibility index (Phi) is 5.03. The highest BCUT2D eigenvalue weighted by Crippen LogP contribution is 2.49. The second-order valence-electron chi connectivity index (χ2n) is 5.33. The van der Waals surface area contributed by atoms with Gasteiger partial charge in [0.1, 0.15) is 5.75 Å². The zero-order valence-corrected chi connectivity index (χ0v) is 13.6. The van der Waals surface area contributed by atoms with Crippen molar-refractivity contribution in [2.45, 2.75) is 37.1 Å². The topological polar surface area (TPSA) is 9.23 Å². The third-order valence-electron chi connectivity index (χ3n) is 3.88. The summed E-state index contributed by atoms with van der Waals surface area (Å²) in [5, 5.41) is 0. The molecular formula is C15H18ClF3OS. The third-order valence-corrected chi connectivity index (χ3v) is 5.62. The summed E-state index contributed by atoms with van der Waals surface area (Å²) in [7, 11) is 1.28. The van der Waals surface area contributed by atoms with Crippen molar-refractivity contribution in [1.29, 1.82) is 0 Å². The van der Waals surface area contributed by atoms with E-state index >= 15 is 0 Å². The molecule has 0 bridgehead atoms. The van der Waals surface area contributed by atoms with Gasteiger partial charge in [0.25, 0.3) is 0 Å². The molecule has 1 aliphatic heterocycles. The lowest BCUT2D eigenvalue weighted by Crippen LogP contribution is -2.26. The predicted molar refractivity (Wildman–Crippen MR) is 81.5 cm³/mol. The number of rotatable bonds is 4. The molecule has 1 aromatic rings. The standard InChI is InChI=1S/C15H18ClF3OS/c1-14(5-3-6-16)11-9-12(15(17,18)19)13(20-2)8-10(11)4-7-21-14/h8-9H,3-7H2,1-2H3. The fourth-order valence-electron chi connectivity index (χ4n) is 2.79. The van der Waals surface area contributed by atoms with Gasteiger partial charge in [-0.25, -0.2) is 0 Å². The molecule has 0 fully saturated rings. The first-order valence-electron chi connectivity index (χ1n) is 6.80. The number of hydrogen-bond donors (Lipinski definition) is 0. The second kappa shape index (κ2) is 6.29.